The number of hydrogen-bond acceptors (Lipinski definition) is 2. The summed E-state index contributed by atoms with van der Waals surface area (Å²) < 4.78 is 0. The van der Waals surface area contributed by atoms with Crippen LogP contribution >= 0.6 is 0 Å². The van der Waals surface area contributed by atoms with E-state index in [1.165, 1.54) is 4.90 Å². The van der Waals surface area contributed by atoms with Gasteiger partial charge in [-0.1, -0.05) is 0 Å². The molecule has 2 N–H and O–H groups in total. The van der Waals surface area contributed by atoms with Crippen molar-refractivity contribution in [2.75, 3.05) is 13.1 Å². The highest BCUT2D eigenvalue weighted by Gasteiger charge is 2.20. The largest absolute Gasteiger partial charge is 0.331 e. The Morgan fingerprint density at radius 1 is 1.71 bits per heavy atom. The van der Waals surface area contributed by atoms with Crippen LogP contribution in [0.4, 0.5) is 0 Å². The molecular weight excluding hydrogens is 92.1 g/mol. The molecule has 1 rings (SSSR count). The van der Waals surface area contributed by atoms with Gasteiger partial charge in [0.15, 0.2) is 0 Å². The van der Waals surface area contributed by atoms with E-state index in [9.17, 15) is 4.79 Å². The van der Waals surface area contributed by atoms with Crippen molar-refractivity contribution in [1.82, 2.24) is 4.90 Å². The van der Waals surface area contributed by atoms with Crippen molar-refractivity contribution in [2.45, 2.75) is 6.04 Å². The highest BCUT2D eigenvalue weighted by atomic mass is 16.1. The standard InChI is InChI=1S/C4H7N2O/c5-4-1-6(2-4)3-7/h4H,1-2,5H2. The molecule has 0 aromatic rings. The van der Waals surface area contributed by atoms with Gasteiger partial charge in [0, 0.05) is 19.1 Å². The summed E-state index contributed by atoms with van der Waals surface area (Å²) in [5.41, 5.74) is 5.32. The fourth-order valence-electron chi connectivity index (χ4n) is 0.587. The molecule has 0 aromatic heterocycles. The maximum absolute atomic E-state index is 9.68. The molecule has 7 heavy (non-hydrogen) atoms. The zero-order chi connectivity index (χ0) is 5.28. The second-order valence-corrected chi connectivity index (χ2v) is 1.76. The Bertz CT molecular complexity index is 77.8. The molecule has 1 heterocycles. The first-order chi connectivity index (χ1) is 3.33. The van der Waals surface area contributed by atoms with E-state index in [-0.39, 0.29) is 6.04 Å². The van der Waals surface area contributed by atoms with Gasteiger partial charge in [-0.2, -0.15) is 0 Å². The number of rotatable bonds is 1. The van der Waals surface area contributed by atoms with Crippen molar-refractivity contribution in [3.8, 4) is 0 Å². The molecule has 39 valence electrons. The maximum atomic E-state index is 9.68. The van der Waals surface area contributed by atoms with Crippen LogP contribution in [0.2, 0.25) is 0 Å². The zero-order valence-electron chi connectivity index (χ0n) is 3.92. The monoisotopic (exact) mass is 99.1 g/mol. The van der Waals surface area contributed by atoms with Gasteiger partial charge in [0.05, 0.1) is 0 Å². The Morgan fingerprint density at radius 3 is 2.43 bits per heavy atom. The zero-order valence-corrected chi connectivity index (χ0v) is 3.92. The lowest BCUT2D eigenvalue weighted by Crippen LogP contribution is -2.54. The summed E-state index contributed by atoms with van der Waals surface area (Å²) in [6.07, 6.45) is 1.74. The summed E-state index contributed by atoms with van der Waals surface area (Å²) in [6, 6.07) is 0.210. The first-order valence-corrected chi connectivity index (χ1v) is 2.21. The van der Waals surface area contributed by atoms with Crippen molar-refractivity contribution in [3.63, 3.8) is 0 Å². The highest BCUT2D eigenvalue weighted by Crippen LogP contribution is 1.98. The van der Waals surface area contributed by atoms with Gasteiger partial charge in [0.1, 0.15) is 0 Å². The van der Waals surface area contributed by atoms with Crippen LogP contribution in [0.5, 0.6) is 0 Å². The average Bonchev–Trinajstić information content (AvgIpc) is 1.58. The van der Waals surface area contributed by atoms with Gasteiger partial charge in [-0.3, -0.25) is 4.79 Å². The molecule has 0 atom stereocenters. The summed E-state index contributed by atoms with van der Waals surface area (Å²) >= 11 is 0. The minimum Gasteiger partial charge on any atom is -0.331 e. The Kier molecular flexibility index (Phi) is 0.982. The molecule has 0 spiro atoms. The van der Waals surface area contributed by atoms with Crippen molar-refractivity contribution < 1.29 is 4.79 Å². The summed E-state index contributed by atoms with van der Waals surface area (Å²) in [7, 11) is 0. The van der Waals surface area contributed by atoms with E-state index < -0.39 is 0 Å². The van der Waals surface area contributed by atoms with Gasteiger partial charge in [-0.15, -0.1) is 0 Å². The van der Waals surface area contributed by atoms with Crippen LogP contribution in [-0.2, 0) is 4.79 Å². The van der Waals surface area contributed by atoms with Crippen molar-refractivity contribution in [1.29, 1.82) is 0 Å². The third-order valence-electron chi connectivity index (χ3n) is 1.04. The van der Waals surface area contributed by atoms with E-state index in [0.717, 1.165) is 0 Å². The van der Waals surface area contributed by atoms with E-state index in [1.54, 1.807) is 6.41 Å². The first-order valence-electron chi connectivity index (χ1n) is 2.21. The van der Waals surface area contributed by atoms with E-state index in [4.69, 9.17) is 5.73 Å². The van der Waals surface area contributed by atoms with Crippen LogP contribution in [0.1, 0.15) is 0 Å². The van der Waals surface area contributed by atoms with Gasteiger partial charge in [-0.25, -0.2) is 0 Å². The second kappa shape index (κ2) is 1.50. The van der Waals surface area contributed by atoms with Crippen molar-refractivity contribution in [3.05, 3.63) is 0 Å². The van der Waals surface area contributed by atoms with Gasteiger partial charge in [0.2, 0.25) is 0 Å². The fourth-order valence-corrected chi connectivity index (χ4v) is 0.587. The quantitative estimate of drug-likeness (QED) is 0.444. The third-order valence-corrected chi connectivity index (χ3v) is 1.04. The van der Waals surface area contributed by atoms with Crippen LogP contribution in [0.15, 0.2) is 0 Å². The Hall–Kier alpha value is -0.570. The average molecular weight is 99.1 g/mol. The highest BCUT2D eigenvalue weighted by molar-refractivity contribution is 5.49. The van der Waals surface area contributed by atoms with Crippen molar-refractivity contribution >= 4 is 6.41 Å². The molecule has 3 heteroatoms. The van der Waals surface area contributed by atoms with Gasteiger partial charge < -0.3 is 10.6 Å². The third kappa shape index (κ3) is 0.718. The Labute approximate surface area is 42.1 Å². The number of amides is 1. The Morgan fingerprint density at radius 2 is 2.29 bits per heavy atom. The SMILES string of the molecule is NC1CN([C]=O)C1. The maximum Gasteiger partial charge on any atom is 0.312 e. The topological polar surface area (TPSA) is 46.3 Å². The number of likely N-dealkylation sites (tertiary alicyclic amines) is 1. The van der Waals surface area contributed by atoms with Crippen LogP contribution in [0.25, 0.3) is 0 Å². The minimum absolute atomic E-state index is 0.210. The van der Waals surface area contributed by atoms with E-state index in [2.05, 4.69) is 0 Å². The van der Waals surface area contributed by atoms with E-state index >= 15 is 0 Å². The number of nitrogens with zero attached hydrogens (tertiary/aromatic N) is 1. The Balaban J connectivity index is 2.17. The van der Waals surface area contributed by atoms with Crippen LogP contribution in [0.3, 0.4) is 0 Å². The molecule has 0 aliphatic carbocycles. The predicted molar refractivity (Wildman–Crippen MR) is 25.2 cm³/mol. The summed E-state index contributed by atoms with van der Waals surface area (Å²) in [5.74, 6) is 0. The summed E-state index contributed by atoms with van der Waals surface area (Å²) in [4.78, 5) is 11.2. The van der Waals surface area contributed by atoms with Gasteiger partial charge in [-0.05, 0) is 0 Å². The van der Waals surface area contributed by atoms with Gasteiger partial charge in [0.25, 0.3) is 0 Å². The summed E-state index contributed by atoms with van der Waals surface area (Å²) in [5, 5.41) is 0. The lowest BCUT2D eigenvalue weighted by atomic mass is 10.2. The molecule has 1 saturated heterocycles. The molecule has 1 radical (unpaired) electrons. The molecule has 1 fully saturated rings. The van der Waals surface area contributed by atoms with E-state index in [1.807, 2.05) is 0 Å². The van der Waals surface area contributed by atoms with Crippen molar-refractivity contribution in [2.24, 2.45) is 5.73 Å². The van der Waals surface area contributed by atoms with Gasteiger partial charge >= 0.3 is 6.41 Å². The fraction of sp³-hybridized carbons (Fsp3) is 0.750. The molecule has 0 unspecified atom stereocenters. The molecular formula is C4H7N2O. The van der Waals surface area contributed by atoms with Crippen LogP contribution < -0.4 is 5.73 Å². The molecule has 1 amide bonds. The predicted octanol–water partition coefficient (Wildman–Crippen LogP) is -1.30. The minimum atomic E-state index is 0.210. The summed E-state index contributed by atoms with van der Waals surface area (Å²) in [6.45, 7) is 1.37. The number of hydrogen-bond donors (Lipinski definition) is 1. The van der Waals surface area contributed by atoms with Crippen LogP contribution in [0, 0.1) is 0 Å². The second-order valence-electron chi connectivity index (χ2n) is 1.76. The molecule has 1 aliphatic heterocycles. The molecule has 3 nitrogen and oxygen atoms in total. The number of carbonyl (C=O) groups excluding carboxylic acids is 1. The van der Waals surface area contributed by atoms with Crippen LogP contribution in [-0.4, -0.2) is 30.4 Å². The lowest BCUT2D eigenvalue weighted by Gasteiger charge is -2.32. The first kappa shape index (κ1) is 4.59. The molecule has 0 aromatic carbocycles. The lowest BCUT2D eigenvalue weighted by molar-refractivity contribution is 0.242. The number of nitrogens with two attached hydrogens (primary N) is 1. The normalized spacial score (nSPS) is 21.6. The molecule has 0 bridgehead atoms. The smallest absolute Gasteiger partial charge is 0.312 e. The molecule has 1 aliphatic rings. The molecule has 0 saturated carbocycles. The van der Waals surface area contributed by atoms with E-state index in [0.29, 0.717) is 13.1 Å².